The quantitative estimate of drug-likeness (QED) is 0.375. The van der Waals surface area contributed by atoms with Crippen molar-refractivity contribution in [3.63, 3.8) is 0 Å². The molecular formula is C22H22N2O4. The number of carbonyl (C=O) groups is 3. The first-order chi connectivity index (χ1) is 13.5. The summed E-state index contributed by atoms with van der Waals surface area (Å²) in [5, 5.41) is 0.557. The van der Waals surface area contributed by atoms with Crippen LogP contribution in [0.4, 0.5) is 0 Å². The van der Waals surface area contributed by atoms with Crippen LogP contribution in [0.25, 0.3) is 10.9 Å². The van der Waals surface area contributed by atoms with Crippen molar-refractivity contribution >= 4 is 28.6 Å². The Kier molecular flexibility index (Phi) is 5.59. The summed E-state index contributed by atoms with van der Waals surface area (Å²) in [6.07, 6.45) is 0. The first kappa shape index (κ1) is 19.4. The van der Waals surface area contributed by atoms with Crippen molar-refractivity contribution in [3.8, 4) is 0 Å². The Bertz CT molecular complexity index is 1040. The van der Waals surface area contributed by atoms with Gasteiger partial charge in [-0.1, -0.05) is 48.5 Å². The summed E-state index contributed by atoms with van der Waals surface area (Å²) in [5.74, 6) is -2.03. The topological polar surface area (TPSA) is 68.6 Å². The summed E-state index contributed by atoms with van der Waals surface area (Å²) in [5.41, 5.74) is 1.85. The van der Waals surface area contributed by atoms with Crippen LogP contribution in [0.1, 0.15) is 33.3 Å². The zero-order valence-electron chi connectivity index (χ0n) is 16.1. The van der Waals surface area contributed by atoms with Crippen LogP contribution in [0.2, 0.25) is 0 Å². The van der Waals surface area contributed by atoms with E-state index in [1.165, 1.54) is 19.0 Å². The largest absolute Gasteiger partial charge is 0.461 e. The van der Waals surface area contributed by atoms with Crippen molar-refractivity contribution in [1.82, 2.24) is 9.47 Å². The SMILES string of the molecule is CCOC(=O)c1c(C(=O)C(=O)N(C)C)c2ccccc2n1Cc1ccccc1. The normalized spacial score (nSPS) is 10.7. The molecule has 3 rings (SSSR count). The summed E-state index contributed by atoms with van der Waals surface area (Å²) in [6, 6.07) is 16.8. The van der Waals surface area contributed by atoms with Crippen molar-refractivity contribution < 1.29 is 19.1 Å². The van der Waals surface area contributed by atoms with Gasteiger partial charge in [0.15, 0.2) is 0 Å². The van der Waals surface area contributed by atoms with Crippen LogP contribution in [0, 0.1) is 0 Å². The van der Waals surface area contributed by atoms with Crippen molar-refractivity contribution in [2.24, 2.45) is 0 Å². The Morgan fingerprint density at radius 3 is 2.25 bits per heavy atom. The van der Waals surface area contributed by atoms with Gasteiger partial charge in [-0.25, -0.2) is 4.79 Å². The highest BCUT2D eigenvalue weighted by molar-refractivity contribution is 6.46. The number of likely N-dealkylation sites (N-methyl/N-ethyl adjacent to an activating group) is 1. The standard InChI is InChI=1S/C22H22N2O4/c1-4-28-22(27)19-18(20(25)21(26)23(2)3)16-12-8-9-13-17(16)24(19)14-15-10-6-5-7-11-15/h5-13H,4,14H2,1-3H3. The zero-order valence-corrected chi connectivity index (χ0v) is 16.1. The second kappa shape index (κ2) is 8.08. The molecule has 0 N–H and O–H groups in total. The average molecular weight is 378 g/mol. The van der Waals surface area contributed by atoms with Gasteiger partial charge in [-0.05, 0) is 18.6 Å². The molecule has 0 fully saturated rings. The van der Waals surface area contributed by atoms with Gasteiger partial charge in [0.05, 0.1) is 12.2 Å². The van der Waals surface area contributed by atoms with E-state index in [1.54, 1.807) is 23.6 Å². The Morgan fingerprint density at radius 2 is 1.61 bits per heavy atom. The molecule has 2 aromatic carbocycles. The molecular weight excluding hydrogens is 356 g/mol. The Labute approximate surface area is 163 Å². The smallest absolute Gasteiger partial charge is 0.355 e. The predicted molar refractivity (Wildman–Crippen MR) is 106 cm³/mol. The third kappa shape index (κ3) is 3.53. The van der Waals surface area contributed by atoms with E-state index in [4.69, 9.17) is 4.74 Å². The molecule has 0 unspecified atom stereocenters. The molecule has 0 radical (unpaired) electrons. The summed E-state index contributed by atoms with van der Waals surface area (Å²) < 4.78 is 6.98. The van der Waals surface area contributed by atoms with Crippen molar-refractivity contribution in [3.05, 3.63) is 71.4 Å². The molecule has 1 amide bonds. The number of nitrogens with zero attached hydrogens (tertiary/aromatic N) is 2. The number of carbonyl (C=O) groups excluding carboxylic acids is 3. The van der Waals surface area contributed by atoms with Gasteiger partial charge in [-0.2, -0.15) is 0 Å². The minimum absolute atomic E-state index is 0.0867. The molecule has 6 nitrogen and oxygen atoms in total. The number of aromatic nitrogens is 1. The predicted octanol–water partition coefficient (Wildman–Crippen LogP) is 3.14. The van der Waals surface area contributed by atoms with E-state index >= 15 is 0 Å². The van der Waals surface area contributed by atoms with Crippen LogP contribution in [0.5, 0.6) is 0 Å². The Morgan fingerprint density at radius 1 is 0.964 bits per heavy atom. The molecule has 0 aliphatic heterocycles. The number of para-hydroxylation sites is 1. The second-order valence-corrected chi connectivity index (χ2v) is 6.56. The lowest BCUT2D eigenvalue weighted by Crippen LogP contribution is -2.31. The van der Waals surface area contributed by atoms with E-state index < -0.39 is 17.7 Å². The fourth-order valence-electron chi connectivity index (χ4n) is 3.19. The molecule has 0 aliphatic rings. The van der Waals surface area contributed by atoms with E-state index in [0.717, 1.165) is 5.56 Å². The van der Waals surface area contributed by atoms with Gasteiger partial charge >= 0.3 is 5.97 Å². The van der Waals surface area contributed by atoms with E-state index in [-0.39, 0.29) is 17.9 Å². The van der Waals surface area contributed by atoms with Crippen LogP contribution in [0.15, 0.2) is 54.6 Å². The van der Waals surface area contributed by atoms with E-state index in [9.17, 15) is 14.4 Å². The second-order valence-electron chi connectivity index (χ2n) is 6.56. The van der Waals surface area contributed by atoms with Gasteiger partial charge in [0.25, 0.3) is 11.7 Å². The molecule has 28 heavy (non-hydrogen) atoms. The average Bonchev–Trinajstić information content (AvgIpc) is 3.02. The number of fused-ring (bicyclic) bond motifs is 1. The maximum atomic E-state index is 13.0. The summed E-state index contributed by atoms with van der Waals surface area (Å²) >= 11 is 0. The minimum atomic E-state index is -0.726. The van der Waals surface area contributed by atoms with Gasteiger partial charge in [0, 0.05) is 31.5 Å². The maximum absolute atomic E-state index is 13.0. The lowest BCUT2D eigenvalue weighted by Gasteiger charge is -2.12. The van der Waals surface area contributed by atoms with E-state index in [0.29, 0.717) is 17.4 Å². The molecule has 144 valence electrons. The molecule has 0 bridgehead atoms. The van der Waals surface area contributed by atoms with Crippen LogP contribution < -0.4 is 0 Å². The minimum Gasteiger partial charge on any atom is -0.461 e. The van der Waals surface area contributed by atoms with Gasteiger partial charge in [0.1, 0.15) is 5.69 Å². The van der Waals surface area contributed by atoms with Gasteiger partial charge in [0.2, 0.25) is 0 Å². The summed E-state index contributed by atoms with van der Waals surface area (Å²) in [6.45, 7) is 2.24. The third-order valence-electron chi connectivity index (χ3n) is 4.45. The first-order valence-corrected chi connectivity index (χ1v) is 9.04. The molecule has 1 heterocycles. The van der Waals surface area contributed by atoms with E-state index in [1.807, 2.05) is 42.5 Å². The molecule has 6 heteroatoms. The van der Waals surface area contributed by atoms with Crippen LogP contribution in [0.3, 0.4) is 0 Å². The van der Waals surface area contributed by atoms with Crippen molar-refractivity contribution in [1.29, 1.82) is 0 Å². The number of rotatable bonds is 6. The highest BCUT2D eigenvalue weighted by Gasteiger charge is 2.32. The number of ether oxygens (including phenoxy) is 1. The molecule has 0 atom stereocenters. The van der Waals surface area contributed by atoms with Crippen molar-refractivity contribution in [2.75, 3.05) is 20.7 Å². The molecule has 0 aliphatic carbocycles. The highest BCUT2D eigenvalue weighted by atomic mass is 16.5. The summed E-state index contributed by atoms with van der Waals surface area (Å²) in [4.78, 5) is 39.4. The maximum Gasteiger partial charge on any atom is 0.355 e. The Balaban J connectivity index is 2.28. The molecule has 0 spiro atoms. The zero-order chi connectivity index (χ0) is 20.3. The van der Waals surface area contributed by atoms with Crippen molar-refractivity contribution in [2.45, 2.75) is 13.5 Å². The Hall–Kier alpha value is -3.41. The molecule has 3 aromatic rings. The number of hydrogen-bond donors (Lipinski definition) is 0. The molecule has 0 saturated carbocycles. The number of ketones is 1. The third-order valence-corrected chi connectivity index (χ3v) is 4.45. The number of hydrogen-bond acceptors (Lipinski definition) is 4. The number of benzene rings is 2. The van der Waals surface area contributed by atoms with Gasteiger partial charge in [-0.3, -0.25) is 9.59 Å². The fraction of sp³-hybridized carbons (Fsp3) is 0.227. The van der Waals surface area contributed by atoms with Crippen LogP contribution in [-0.2, 0) is 16.1 Å². The first-order valence-electron chi connectivity index (χ1n) is 9.04. The highest BCUT2D eigenvalue weighted by Crippen LogP contribution is 2.29. The molecule has 0 saturated heterocycles. The lowest BCUT2D eigenvalue weighted by atomic mass is 10.1. The van der Waals surface area contributed by atoms with Crippen LogP contribution >= 0.6 is 0 Å². The molecule has 1 aromatic heterocycles. The monoisotopic (exact) mass is 378 g/mol. The van der Waals surface area contributed by atoms with Gasteiger partial charge < -0.3 is 14.2 Å². The fourth-order valence-corrected chi connectivity index (χ4v) is 3.19. The lowest BCUT2D eigenvalue weighted by molar-refractivity contribution is -0.124. The van der Waals surface area contributed by atoms with Gasteiger partial charge in [-0.15, -0.1) is 0 Å². The summed E-state index contributed by atoms with van der Waals surface area (Å²) in [7, 11) is 3.01. The number of amides is 1. The van der Waals surface area contributed by atoms with E-state index in [2.05, 4.69) is 0 Å². The van der Waals surface area contributed by atoms with Crippen LogP contribution in [-0.4, -0.2) is 47.8 Å². The number of Topliss-reactive ketones (excluding diaryl/α,β-unsaturated/α-hetero) is 1. The number of esters is 1.